The van der Waals surface area contributed by atoms with Gasteiger partial charge in [-0.15, -0.1) is 0 Å². The van der Waals surface area contributed by atoms with E-state index in [1.807, 2.05) is 0 Å². The molecule has 0 radical (unpaired) electrons. The molecule has 4 heteroatoms. The SMILES string of the molecule is CCC(CCO)NCCCOCCOC. The van der Waals surface area contributed by atoms with Crippen molar-refractivity contribution in [2.24, 2.45) is 0 Å². The first kappa shape index (κ1) is 14.8. The van der Waals surface area contributed by atoms with Crippen LogP contribution in [-0.4, -0.2) is 51.2 Å². The van der Waals surface area contributed by atoms with Gasteiger partial charge in [0.15, 0.2) is 0 Å². The number of hydrogen-bond donors (Lipinski definition) is 2. The van der Waals surface area contributed by atoms with Gasteiger partial charge in [0.05, 0.1) is 13.2 Å². The number of hydrogen-bond acceptors (Lipinski definition) is 4. The molecule has 0 saturated heterocycles. The van der Waals surface area contributed by atoms with Gasteiger partial charge in [0, 0.05) is 26.4 Å². The van der Waals surface area contributed by atoms with E-state index in [-0.39, 0.29) is 6.61 Å². The van der Waals surface area contributed by atoms with E-state index in [0.717, 1.165) is 32.4 Å². The number of aliphatic hydroxyl groups is 1. The van der Waals surface area contributed by atoms with Crippen LogP contribution in [0.1, 0.15) is 26.2 Å². The lowest BCUT2D eigenvalue weighted by Crippen LogP contribution is -2.30. The van der Waals surface area contributed by atoms with Crippen molar-refractivity contribution in [2.75, 3.05) is 40.1 Å². The minimum Gasteiger partial charge on any atom is -0.396 e. The third-order valence-electron chi connectivity index (χ3n) is 2.30. The largest absolute Gasteiger partial charge is 0.396 e. The van der Waals surface area contributed by atoms with Crippen LogP contribution in [0.2, 0.25) is 0 Å². The van der Waals surface area contributed by atoms with Gasteiger partial charge in [0.1, 0.15) is 0 Å². The highest BCUT2D eigenvalue weighted by Crippen LogP contribution is 1.96. The Hall–Kier alpha value is -0.160. The number of aliphatic hydroxyl groups excluding tert-OH is 1. The molecule has 4 nitrogen and oxygen atoms in total. The van der Waals surface area contributed by atoms with E-state index in [4.69, 9.17) is 14.6 Å². The lowest BCUT2D eigenvalue weighted by Gasteiger charge is -2.15. The molecule has 0 fully saturated rings. The van der Waals surface area contributed by atoms with E-state index >= 15 is 0 Å². The molecule has 0 aromatic carbocycles. The molecule has 0 aliphatic carbocycles. The van der Waals surface area contributed by atoms with Gasteiger partial charge in [0.2, 0.25) is 0 Å². The van der Waals surface area contributed by atoms with Crippen molar-refractivity contribution in [2.45, 2.75) is 32.2 Å². The topological polar surface area (TPSA) is 50.7 Å². The molecule has 92 valence electrons. The van der Waals surface area contributed by atoms with Gasteiger partial charge in [-0.05, 0) is 25.8 Å². The molecular formula is C11H25NO3. The van der Waals surface area contributed by atoms with E-state index in [2.05, 4.69) is 12.2 Å². The van der Waals surface area contributed by atoms with Crippen LogP contribution < -0.4 is 5.32 Å². The van der Waals surface area contributed by atoms with Crippen molar-refractivity contribution in [1.82, 2.24) is 5.32 Å². The average molecular weight is 219 g/mol. The Bertz CT molecular complexity index is 122. The Morgan fingerprint density at radius 2 is 2.07 bits per heavy atom. The van der Waals surface area contributed by atoms with E-state index < -0.39 is 0 Å². The fraction of sp³-hybridized carbons (Fsp3) is 1.00. The molecule has 0 heterocycles. The van der Waals surface area contributed by atoms with Gasteiger partial charge < -0.3 is 19.9 Å². The number of ether oxygens (including phenoxy) is 2. The Morgan fingerprint density at radius 3 is 2.67 bits per heavy atom. The van der Waals surface area contributed by atoms with Crippen LogP contribution in [0.4, 0.5) is 0 Å². The molecular weight excluding hydrogens is 194 g/mol. The fourth-order valence-electron chi connectivity index (χ4n) is 1.33. The molecule has 0 aromatic rings. The zero-order valence-corrected chi connectivity index (χ0v) is 10.00. The van der Waals surface area contributed by atoms with Gasteiger partial charge in [-0.25, -0.2) is 0 Å². The molecule has 1 unspecified atom stereocenters. The first-order valence-electron chi connectivity index (χ1n) is 5.76. The number of nitrogens with one attached hydrogen (secondary N) is 1. The Morgan fingerprint density at radius 1 is 1.27 bits per heavy atom. The Balaban J connectivity index is 3.14. The minimum absolute atomic E-state index is 0.260. The van der Waals surface area contributed by atoms with E-state index in [1.54, 1.807) is 7.11 Å². The summed E-state index contributed by atoms with van der Waals surface area (Å²) < 4.78 is 10.2. The highest BCUT2D eigenvalue weighted by atomic mass is 16.5. The van der Waals surface area contributed by atoms with Gasteiger partial charge >= 0.3 is 0 Å². The van der Waals surface area contributed by atoms with Crippen molar-refractivity contribution < 1.29 is 14.6 Å². The maximum absolute atomic E-state index is 8.79. The van der Waals surface area contributed by atoms with E-state index in [0.29, 0.717) is 19.3 Å². The van der Waals surface area contributed by atoms with Crippen molar-refractivity contribution in [1.29, 1.82) is 0 Å². The zero-order chi connectivity index (χ0) is 11.4. The molecule has 0 amide bonds. The monoisotopic (exact) mass is 219 g/mol. The van der Waals surface area contributed by atoms with Crippen molar-refractivity contribution in [3.05, 3.63) is 0 Å². The molecule has 2 N–H and O–H groups in total. The molecule has 0 aliphatic rings. The maximum atomic E-state index is 8.79. The van der Waals surface area contributed by atoms with Crippen LogP contribution in [0.15, 0.2) is 0 Å². The third kappa shape index (κ3) is 10.1. The Labute approximate surface area is 93.0 Å². The summed E-state index contributed by atoms with van der Waals surface area (Å²) in [4.78, 5) is 0. The predicted molar refractivity (Wildman–Crippen MR) is 61.1 cm³/mol. The summed E-state index contributed by atoms with van der Waals surface area (Å²) in [5.74, 6) is 0. The molecule has 1 atom stereocenters. The average Bonchev–Trinajstić information content (AvgIpc) is 2.26. The first-order chi connectivity index (χ1) is 7.35. The second-order valence-corrected chi connectivity index (χ2v) is 3.53. The summed E-state index contributed by atoms with van der Waals surface area (Å²) in [5.41, 5.74) is 0. The fourth-order valence-corrected chi connectivity index (χ4v) is 1.33. The van der Waals surface area contributed by atoms with Crippen LogP contribution in [0.3, 0.4) is 0 Å². The van der Waals surface area contributed by atoms with Gasteiger partial charge in [-0.2, -0.15) is 0 Å². The lowest BCUT2D eigenvalue weighted by atomic mass is 10.1. The molecule has 15 heavy (non-hydrogen) atoms. The first-order valence-corrected chi connectivity index (χ1v) is 5.76. The van der Waals surface area contributed by atoms with Crippen LogP contribution >= 0.6 is 0 Å². The highest BCUT2D eigenvalue weighted by molar-refractivity contribution is 4.63. The quantitative estimate of drug-likeness (QED) is 0.504. The zero-order valence-electron chi connectivity index (χ0n) is 10.00. The summed E-state index contributed by atoms with van der Waals surface area (Å²) in [6.07, 6.45) is 2.90. The standard InChI is InChI=1S/C11H25NO3/c1-3-11(5-7-13)12-6-4-8-15-10-9-14-2/h11-13H,3-10H2,1-2H3. The molecule has 0 aromatic heterocycles. The molecule has 0 rings (SSSR count). The van der Waals surface area contributed by atoms with Crippen LogP contribution in [-0.2, 0) is 9.47 Å². The maximum Gasteiger partial charge on any atom is 0.0700 e. The summed E-state index contributed by atoms with van der Waals surface area (Å²) in [6.45, 7) is 5.44. The van der Waals surface area contributed by atoms with Crippen molar-refractivity contribution in [3.63, 3.8) is 0 Å². The second-order valence-electron chi connectivity index (χ2n) is 3.53. The predicted octanol–water partition coefficient (Wildman–Crippen LogP) is 0.790. The molecule has 0 saturated carbocycles. The van der Waals surface area contributed by atoms with Crippen molar-refractivity contribution in [3.8, 4) is 0 Å². The highest BCUT2D eigenvalue weighted by Gasteiger charge is 2.02. The lowest BCUT2D eigenvalue weighted by molar-refractivity contribution is 0.0691. The summed E-state index contributed by atoms with van der Waals surface area (Å²) >= 11 is 0. The van der Waals surface area contributed by atoms with Gasteiger partial charge in [0.25, 0.3) is 0 Å². The summed E-state index contributed by atoms with van der Waals surface area (Å²) in [7, 11) is 1.67. The Kier molecular flexibility index (Phi) is 11.8. The summed E-state index contributed by atoms with van der Waals surface area (Å²) in [6, 6.07) is 0.439. The van der Waals surface area contributed by atoms with E-state index in [1.165, 1.54) is 0 Å². The second kappa shape index (κ2) is 11.9. The van der Waals surface area contributed by atoms with Crippen LogP contribution in [0, 0.1) is 0 Å². The van der Waals surface area contributed by atoms with Gasteiger partial charge in [-0.3, -0.25) is 0 Å². The van der Waals surface area contributed by atoms with Crippen LogP contribution in [0.5, 0.6) is 0 Å². The number of rotatable bonds is 11. The molecule has 0 spiro atoms. The smallest absolute Gasteiger partial charge is 0.0700 e. The van der Waals surface area contributed by atoms with Crippen molar-refractivity contribution >= 4 is 0 Å². The van der Waals surface area contributed by atoms with Crippen LogP contribution in [0.25, 0.3) is 0 Å². The third-order valence-corrected chi connectivity index (χ3v) is 2.30. The molecule has 0 aliphatic heterocycles. The summed E-state index contributed by atoms with van der Waals surface area (Å²) in [5, 5.41) is 12.2. The normalized spacial score (nSPS) is 13.0. The van der Waals surface area contributed by atoms with Gasteiger partial charge in [-0.1, -0.05) is 6.92 Å². The number of methoxy groups -OCH3 is 1. The van der Waals surface area contributed by atoms with E-state index in [9.17, 15) is 0 Å². The molecule has 0 bridgehead atoms. The minimum atomic E-state index is 0.260.